The second-order valence-electron chi connectivity index (χ2n) is 5.37. The fourth-order valence-corrected chi connectivity index (χ4v) is 3.08. The summed E-state index contributed by atoms with van der Waals surface area (Å²) in [6.45, 7) is 4.25. The Bertz CT molecular complexity index is 661. The number of hydrogen-bond acceptors (Lipinski definition) is 3. The second kappa shape index (κ2) is 7.15. The molecule has 3 nitrogen and oxygen atoms in total. The van der Waals surface area contributed by atoms with Crippen LogP contribution >= 0.6 is 22.6 Å². The second-order valence-corrected chi connectivity index (χ2v) is 6.53. The van der Waals surface area contributed by atoms with Gasteiger partial charge in [-0.25, -0.2) is 0 Å². The van der Waals surface area contributed by atoms with E-state index in [0.29, 0.717) is 5.75 Å². The van der Waals surface area contributed by atoms with E-state index in [-0.39, 0.29) is 0 Å². The van der Waals surface area contributed by atoms with Crippen LogP contribution in [0.2, 0.25) is 0 Å². The topological polar surface area (TPSA) is 35.5 Å². The number of anilines is 1. The van der Waals surface area contributed by atoms with Crippen molar-refractivity contribution >= 4 is 40.4 Å². The lowest BCUT2D eigenvalue weighted by molar-refractivity contribution is 0.471. The first-order valence-corrected chi connectivity index (χ1v) is 8.52. The van der Waals surface area contributed by atoms with E-state index >= 15 is 0 Å². The van der Waals surface area contributed by atoms with Gasteiger partial charge in [-0.15, -0.1) is 0 Å². The summed E-state index contributed by atoms with van der Waals surface area (Å²) in [6.07, 6.45) is 4.17. The number of nitrogens with one attached hydrogen (secondary N) is 1. The van der Waals surface area contributed by atoms with Crippen molar-refractivity contribution in [3.63, 3.8) is 0 Å². The summed E-state index contributed by atoms with van der Waals surface area (Å²) in [5, 5.41) is 12.9. The molecule has 22 heavy (non-hydrogen) atoms. The Balaban J connectivity index is 1.69. The molecule has 0 aliphatic carbocycles. The van der Waals surface area contributed by atoms with Gasteiger partial charge in [-0.3, -0.25) is 0 Å². The minimum absolute atomic E-state index is 0.332. The maximum Gasteiger partial charge on any atom is 0.128 e. The predicted octanol–water partition coefficient (Wildman–Crippen LogP) is 3.58. The van der Waals surface area contributed by atoms with Crippen LogP contribution in [-0.2, 0) is 0 Å². The van der Waals surface area contributed by atoms with Gasteiger partial charge in [0.15, 0.2) is 0 Å². The first-order valence-electron chi connectivity index (χ1n) is 7.45. The van der Waals surface area contributed by atoms with Gasteiger partial charge in [0.1, 0.15) is 5.75 Å². The van der Waals surface area contributed by atoms with Crippen molar-refractivity contribution in [3.8, 4) is 5.75 Å². The quantitative estimate of drug-likeness (QED) is 0.605. The van der Waals surface area contributed by atoms with E-state index in [4.69, 9.17) is 0 Å². The molecule has 2 aromatic carbocycles. The third-order valence-corrected chi connectivity index (χ3v) is 4.68. The fraction of sp³-hybridized carbons (Fsp3) is 0.222. The summed E-state index contributed by atoms with van der Waals surface area (Å²) in [6, 6.07) is 14.3. The molecule has 114 valence electrons. The molecule has 1 heterocycles. The SMILES string of the molecule is Oc1ccc(C=Cc2ccc(N3CCNCC3)cc2)cc1I. The van der Waals surface area contributed by atoms with Gasteiger partial charge in [0.2, 0.25) is 0 Å². The van der Waals surface area contributed by atoms with E-state index in [0.717, 1.165) is 35.3 Å². The largest absolute Gasteiger partial charge is 0.507 e. The summed E-state index contributed by atoms with van der Waals surface area (Å²) >= 11 is 2.14. The Morgan fingerprint density at radius 2 is 1.59 bits per heavy atom. The highest BCUT2D eigenvalue weighted by Gasteiger charge is 2.09. The molecule has 2 aromatic rings. The van der Waals surface area contributed by atoms with Crippen LogP contribution in [0.15, 0.2) is 42.5 Å². The van der Waals surface area contributed by atoms with Gasteiger partial charge in [0, 0.05) is 31.9 Å². The summed E-state index contributed by atoms with van der Waals surface area (Å²) in [7, 11) is 0. The molecule has 0 atom stereocenters. The van der Waals surface area contributed by atoms with E-state index in [1.165, 1.54) is 11.3 Å². The van der Waals surface area contributed by atoms with Crippen LogP contribution in [0.5, 0.6) is 5.75 Å². The van der Waals surface area contributed by atoms with Gasteiger partial charge < -0.3 is 15.3 Å². The molecule has 4 heteroatoms. The highest BCUT2D eigenvalue weighted by atomic mass is 127. The molecule has 1 fully saturated rings. The molecule has 1 saturated heterocycles. The number of hydrogen-bond donors (Lipinski definition) is 2. The van der Waals surface area contributed by atoms with Gasteiger partial charge in [-0.2, -0.15) is 0 Å². The zero-order chi connectivity index (χ0) is 15.4. The molecule has 0 saturated carbocycles. The molecule has 3 rings (SSSR count). The number of phenols is 1. The van der Waals surface area contributed by atoms with E-state index in [1.807, 2.05) is 12.1 Å². The standard InChI is InChI=1S/C18H19IN2O/c19-17-13-15(5-8-18(17)22)2-1-14-3-6-16(7-4-14)21-11-9-20-10-12-21/h1-8,13,20,22H,9-12H2. The maximum absolute atomic E-state index is 9.54. The Kier molecular flexibility index (Phi) is 5.00. The van der Waals surface area contributed by atoms with Gasteiger partial charge in [-0.1, -0.05) is 30.4 Å². The van der Waals surface area contributed by atoms with Gasteiger partial charge in [0.05, 0.1) is 3.57 Å². The molecule has 0 radical (unpaired) electrons. The number of phenolic OH excluding ortho intramolecular Hbond substituents is 1. The number of halogens is 1. The van der Waals surface area contributed by atoms with Gasteiger partial charge in [0.25, 0.3) is 0 Å². The minimum Gasteiger partial charge on any atom is -0.507 e. The van der Waals surface area contributed by atoms with Gasteiger partial charge >= 0.3 is 0 Å². The lowest BCUT2D eigenvalue weighted by Gasteiger charge is -2.29. The number of rotatable bonds is 3. The first kappa shape index (κ1) is 15.4. The molecular weight excluding hydrogens is 387 g/mol. The Hall–Kier alpha value is -1.53. The highest BCUT2D eigenvalue weighted by Crippen LogP contribution is 2.22. The molecule has 0 unspecified atom stereocenters. The normalized spacial score (nSPS) is 15.4. The van der Waals surface area contributed by atoms with Crippen molar-refractivity contribution in [1.82, 2.24) is 5.32 Å². The third-order valence-electron chi connectivity index (χ3n) is 3.82. The Morgan fingerprint density at radius 1 is 0.955 bits per heavy atom. The van der Waals surface area contributed by atoms with E-state index in [2.05, 4.69) is 69.2 Å². The average Bonchev–Trinajstić information content (AvgIpc) is 2.57. The van der Waals surface area contributed by atoms with E-state index < -0.39 is 0 Å². The van der Waals surface area contributed by atoms with Crippen molar-refractivity contribution < 1.29 is 5.11 Å². The molecule has 2 N–H and O–H groups in total. The molecular formula is C18H19IN2O. The van der Waals surface area contributed by atoms with Gasteiger partial charge in [-0.05, 0) is 58.0 Å². The van der Waals surface area contributed by atoms with Crippen molar-refractivity contribution in [2.24, 2.45) is 0 Å². The predicted molar refractivity (Wildman–Crippen MR) is 101 cm³/mol. The number of aromatic hydroxyl groups is 1. The third kappa shape index (κ3) is 3.81. The zero-order valence-electron chi connectivity index (χ0n) is 12.3. The molecule has 0 aromatic heterocycles. The maximum atomic E-state index is 9.54. The summed E-state index contributed by atoms with van der Waals surface area (Å²) in [4.78, 5) is 2.41. The summed E-state index contributed by atoms with van der Waals surface area (Å²) in [5.41, 5.74) is 3.56. The van der Waals surface area contributed by atoms with Crippen molar-refractivity contribution in [2.45, 2.75) is 0 Å². The molecule has 0 bridgehead atoms. The molecule has 1 aliphatic rings. The van der Waals surface area contributed by atoms with Crippen LogP contribution < -0.4 is 10.2 Å². The van der Waals surface area contributed by atoms with Crippen molar-refractivity contribution in [1.29, 1.82) is 0 Å². The first-order chi connectivity index (χ1) is 10.7. The molecule has 1 aliphatic heterocycles. The number of piperazine rings is 1. The smallest absolute Gasteiger partial charge is 0.128 e. The van der Waals surface area contributed by atoms with E-state index in [1.54, 1.807) is 6.07 Å². The summed E-state index contributed by atoms with van der Waals surface area (Å²) in [5.74, 6) is 0.332. The van der Waals surface area contributed by atoms with Crippen molar-refractivity contribution in [3.05, 3.63) is 57.2 Å². The van der Waals surface area contributed by atoms with Crippen LogP contribution in [0.3, 0.4) is 0 Å². The fourth-order valence-electron chi connectivity index (χ4n) is 2.54. The number of benzene rings is 2. The Morgan fingerprint density at radius 3 is 2.27 bits per heavy atom. The average molecular weight is 406 g/mol. The monoisotopic (exact) mass is 406 g/mol. The van der Waals surface area contributed by atoms with E-state index in [9.17, 15) is 5.11 Å². The van der Waals surface area contributed by atoms with Crippen LogP contribution in [0, 0.1) is 3.57 Å². The van der Waals surface area contributed by atoms with Crippen LogP contribution in [-0.4, -0.2) is 31.3 Å². The van der Waals surface area contributed by atoms with Crippen LogP contribution in [0.1, 0.15) is 11.1 Å². The summed E-state index contributed by atoms with van der Waals surface area (Å²) < 4.78 is 0.869. The highest BCUT2D eigenvalue weighted by molar-refractivity contribution is 14.1. The molecule has 0 spiro atoms. The molecule has 0 amide bonds. The van der Waals surface area contributed by atoms with Crippen LogP contribution in [0.4, 0.5) is 5.69 Å². The Labute approximate surface area is 144 Å². The lowest BCUT2D eigenvalue weighted by atomic mass is 10.1. The lowest BCUT2D eigenvalue weighted by Crippen LogP contribution is -2.43. The number of nitrogens with zero attached hydrogens (tertiary/aromatic N) is 1. The minimum atomic E-state index is 0.332. The van der Waals surface area contributed by atoms with Crippen LogP contribution in [0.25, 0.3) is 12.2 Å². The zero-order valence-corrected chi connectivity index (χ0v) is 14.5. The van der Waals surface area contributed by atoms with Crippen molar-refractivity contribution in [2.75, 3.05) is 31.1 Å².